The Morgan fingerprint density at radius 2 is 1.49 bits per heavy atom. The number of amides is 1. The minimum Gasteiger partial charge on any atom is -0.443 e. The number of thiazole rings is 2. The molecule has 7 nitrogen and oxygen atoms in total. The number of hydrogen-bond donors (Lipinski definition) is 0. The van der Waals surface area contributed by atoms with Gasteiger partial charge in [0.1, 0.15) is 5.60 Å². The van der Waals surface area contributed by atoms with Crippen molar-refractivity contribution >= 4 is 66.5 Å². The van der Waals surface area contributed by atoms with Crippen LogP contribution in [0.5, 0.6) is 0 Å². The number of carbonyl (C=O) groups is 1. The highest BCUT2D eigenvalue weighted by atomic mass is 35.5. The largest absolute Gasteiger partial charge is 0.443 e. The Bertz CT molecular complexity index is 1950. The van der Waals surface area contributed by atoms with Gasteiger partial charge in [-0.15, -0.1) is 22.7 Å². The topological polar surface area (TPSA) is 61.8 Å². The molecule has 270 valence electrons. The number of hydrogen-bond acceptors (Lipinski definition) is 8. The maximum atomic E-state index is 13.8. The van der Waals surface area contributed by atoms with E-state index in [4.69, 9.17) is 26.3 Å². The number of halogens is 1. The summed E-state index contributed by atoms with van der Waals surface area (Å²) in [7, 11) is 0. The quantitative estimate of drug-likeness (QED) is 0.188. The number of piperidine rings is 2. The van der Waals surface area contributed by atoms with Crippen LogP contribution in [-0.4, -0.2) is 81.2 Å². The fraction of sp³-hybridized carbons (Fsp3) is 0.585. The van der Waals surface area contributed by atoms with Gasteiger partial charge in [0.15, 0.2) is 0 Å². The molecule has 2 aromatic heterocycles. The smallest absolute Gasteiger partial charge is 0.414 e. The summed E-state index contributed by atoms with van der Waals surface area (Å²) < 4.78 is 8.47. The van der Waals surface area contributed by atoms with Gasteiger partial charge in [0.05, 0.1) is 36.1 Å². The highest BCUT2D eigenvalue weighted by Gasteiger charge is 2.45. The Hall–Kier alpha value is -2.56. The van der Waals surface area contributed by atoms with Crippen LogP contribution in [0.2, 0.25) is 5.02 Å². The number of nitrogens with zero attached hydrogens (tertiary/aromatic N) is 5. The molecule has 2 saturated carbocycles. The molecule has 51 heavy (non-hydrogen) atoms. The van der Waals surface area contributed by atoms with Crippen LogP contribution in [0.1, 0.15) is 106 Å². The van der Waals surface area contributed by atoms with Gasteiger partial charge in [0.25, 0.3) is 0 Å². The molecule has 2 aliphatic carbocycles. The lowest BCUT2D eigenvalue weighted by molar-refractivity contribution is 0.0319. The second kappa shape index (κ2) is 13.7. The molecular formula is C41H50ClN5O2S2. The molecule has 2 aromatic carbocycles. The number of ether oxygens (including phenoxy) is 1. The normalized spacial score (nSPS) is 25.8. The first-order valence-electron chi connectivity index (χ1n) is 19.3. The monoisotopic (exact) mass is 743 g/mol. The van der Waals surface area contributed by atoms with E-state index in [0.29, 0.717) is 36.3 Å². The van der Waals surface area contributed by atoms with Gasteiger partial charge in [-0.25, -0.2) is 14.8 Å². The van der Waals surface area contributed by atoms with Crippen LogP contribution in [0.3, 0.4) is 0 Å². The van der Waals surface area contributed by atoms with Crippen LogP contribution in [-0.2, 0) is 4.74 Å². The van der Waals surface area contributed by atoms with Crippen molar-refractivity contribution in [3.8, 4) is 0 Å². The summed E-state index contributed by atoms with van der Waals surface area (Å²) in [5.41, 5.74) is 3.58. The van der Waals surface area contributed by atoms with Crippen molar-refractivity contribution in [3.05, 3.63) is 63.1 Å². The van der Waals surface area contributed by atoms with Crippen molar-refractivity contribution in [2.45, 2.75) is 108 Å². The van der Waals surface area contributed by atoms with E-state index in [1.54, 1.807) is 0 Å². The Labute approximate surface area is 315 Å². The van der Waals surface area contributed by atoms with Gasteiger partial charge in [-0.2, -0.15) is 0 Å². The van der Waals surface area contributed by atoms with Crippen LogP contribution in [0, 0.1) is 11.8 Å². The second-order valence-electron chi connectivity index (χ2n) is 16.8. The number of likely N-dealkylation sites (tertiary alicyclic amines) is 2. The zero-order chi connectivity index (χ0) is 34.9. The van der Waals surface area contributed by atoms with Crippen molar-refractivity contribution in [1.82, 2.24) is 24.7 Å². The van der Waals surface area contributed by atoms with Crippen LogP contribution in [0.15, 0.2) is 42.5 Å². The summed E-state index contributed by atoms with van der Waals surface area (Å²) in [6.45, 7) is 11.3. The Kier molecular flexibility index (Phi) is 9.19. The van der Waals surface area contributed by atoms with E-state index in [9.17, 15) is 4.79 Å². The molecular weight excluding hydrogens is 694 g/mol. The lowest BCUT2D eigenvalue weighted by Crippen LogP contribution is -2.40. The zero-order valence-electron chi connectivity index (χ0n) is 30.2. The summed E-state index contributed by atoms with van der Waals surface area (Å²) in [5.74, 6) is 2.23. The molecule has 3 atom stereocenters. The molecule has 0 radical (unpaired) electrons. The van der Waals surface area contributed by atoms with Gasteiger partial charge in [-0.1, -0.05) is 23.7 Å². The van der Waals surface area contributed by atoms with Crippen LogP contribution >= 0.6 is 34.3 Å². The lowest BCUT2D eigenvalue weighted by Gasteiger charge is -2.35. The number of carbonyl (C=O) groups excluding carboxylic acids is 1. The minimum absolute atomic E-state index is 0.244. The maximum absolute atomic E-state index is 13.8. The van der Waals surface area contributed by atoms with Crippen LogP contribution in [0.4, 0.5) is 4.79 Å². The van der Waals surface area contributed by atoms with Gasteiger partial charge < -0.3 is 14.5 Å². The summed E-state index contributed by atoms with van der Waals surface area (Å²) in [6.07, 6.45) is 13.0. The molecule has 4 fully saturated rings. The van der Waals surface area contributed by atoms with Crippen LogP contribution in [0.25, 0.3) is 26.1 Å². The highest BCUT2D eigenvalue weighted by Crippen LogP contribution is 2.46. The molecule has 0 bridgehead atoms. The molecule has 0 spiro atoms. The highest BCUT2D eigenvalue weighted by molar-refractivity contribution is 7.19. The number of fused-ring (bicyclic) bond motifs is 2. The molecule has 2 unspecified atom stereocenters. The van der Waals surface area contributed by atoms with Crippen LogP contribution < -0.4 is 0 Å². The predicted molar refractivity (Wildman–Crippen MR) is 210 cm³/mol. The van der Waals surface area contributed by atoms with E-state index < -0.39 is 5.60 Å². The number of allylic oxidation sites excluding steroid dienone is 1. The molecule has 1 amide bonds. The van der Waals surface area contributed by atoms with Gasteiger partial charge in [0, 0.05) is 41.1 Å². The first-order chi connectivity index (χ1) is 24.6. The predicted octanol–water partition coefficient (Wildman–Crippen LogP) is 10.2. The Morgan fingerprint density at radius 1 is 0.863 bits per heavy atom. The molecule has 3 aliphatic heterocycles. The molecule has 4 aromatic rings. The summed E-state index contributed by atoms with van der Waals surface area (Å²) in [4.78, 5) is 31.2. The van der Waals surface area contributed by atoms with Gasteiger partial charge in [-0.05, 0) is 147 Å². The van der Waals surface area contributed by atoms with Crippen molar-refractivity contribution in [2.24, 2.45) is 11.8 Å². The first kappa shape index (κ1) is 34.2. The summed E-state index contributed by atoms with van der Waals surface area (Å²) in [6, 6.07) is 14.2. The fourth-order valence-electron chi connectivity index (χ4n) is 8.92. The third-order valence-electron chi connectivity index (χ3n) is 11.9. The second-order valence-corrected chi connectivity index (χ2v) is 19.4. The van der Waals surface area contributed by atoms with Crippen molar-refractivity contribution in [2.75, 3.05) is 32.7 Å². The SMILES string of the molecule is CC(C)(C)OC(=O)N1C[C@@H](CC2CC2N2CCC(c3nc4cc(Cl)ccc4s3)CC2)CC=C1c1ccc2sc(C3CCN(C4CC4)CC3)nc2c1. The molecule has 5 aliphatic rings. The maximum Gasteiger partial charge on any atom is 0.414 e. The summed E-state index contributed by atoms with van der Waals surface area (Å²) in [5, 5.41) is 3.31. The molecule has 9 rings (SSSR count). The van der Waals surface area contributed by atoms with Gasteiger partial charge >= 0.3 is 6.09 Å². The first-order valence-corrected chi connectivity index (χ1v) is 21.3. The van der Waals surface area contributed by atoms with Crippen molar-refractivity contribution in [1.29, 1.82) is 0 Å². The zero-order valence-corrected chi connectivity index (χ0v) is 32.5. The summed E-state index contributed by atoms with van der Waals surface area (Å²) >= 11 is 9.92. The van der Waals surface area contributed by atoms with E-state index in [2.05, 4.69) is 40.1 Å². The van der Waals surface area contributed by atoms with E-state index in [0.717, 1.165) is 59.3 Å². The standard InChI is InChI=1S/C41H50ClN5O2S2/c1-41(2,3)49-40(48)47-24-25(20-29-22-35(29)46-18-14-27(15-19-46)39-44-33-23-30(42)6-11-37(33)51-39)4-9-34(47)28-5-10-36-32(21-28)43-38(50-36)26-12-16-45(17-13-26)31-7-8-31/h5-6,9-11,21,23,25-27,29,31,35H,4,7-8,12-20,22,24H2,1-3H3/t25-,29?,35?/m1/s1. The molecule has 5 heterocycles. The van der Waals surface area contributed by atoms with E-state index in [-0.39, 0.29) is 6.09 Å². The van der Waals surface area contributed by atoms with E-state index >= 15 is 0 Å². The third kappa shape index (κ3) is 7.48. The number of rotatable bonds is 7. The third-order valence-corrected chi connectivity index (χ3v) is 14.5. The average Bonchev–Trinajstić information content (AvgIpc) is 4.03. The van der Waals surface area contributed by atoms with E-state index in [1.807, 2.05) is 60.5 Å². The Morgan fingerprint density at radius 3 is 2.14 bits per heavy atom. The number of benzene rings is 2. The number of aromatic nitrogens is 2. The lowest BCUT2D eigenvalue weighted by atomic mass is 9.91. The Balaban J connectivity index is 0.848. The minimum atomic E-state index is -0.551. The van der Waals surface area contributed by atoms with Crippen molar-refractivity contribution < 1.29 is 9.53 Å². The average molecular weight is 744 g/mol. The molecule has 0 N–H and O–H groups in total. The molecule has 2 saturated heterocycles. The van der Waals surface area contributed by atoms with E-state index in [1.165, 1.54) is 77.5 Å². The van der Waals surface area contributed by atoms with Crippen molar-refractivity contribution in [3.63, 3.8) is 0 Å². The van der Waals surface area contributed by atoms with Gasteiger partial charge in [-0.3, -0.25) is 4.90 Å². The molecule has 10 heteroatoms. The fourth-order valence-corrected chi connectivity index (χ4v) is 11.3. The van der Waals surface area contributed by atoms with Gasteiger partial charge in [0.2, 0.25) is 0 Å².